The zero-order valence-electron chi connectivity index (χ0n) is 41.7. The summed E-state index contributed by atoms with van der Waals surface area (Å²) in [5.74, 6) is -0.357. The van der Waals surface area contributed by atoms with Crippen molar-refractivity contribution < 1.29 is 37.3 Å². The van der Waals surface area contributed by atoms with Gasteiger partial charge in [0, 0.05) is 13.0 Å². The topological polar surface area (TPSA) is 94.1 Å². The van der Waals surface area contributed by atoms with E-state index in [1.165, 1.54) is 83.5 Å². The van der Waals surface area contributed by atoms with Crippen LogP contribution in [0.5, 0.6) is 0 Å². The van der Waals surface area contributed by atoms with Crippen molar-refractivity contribution in [2.45, 2.75) is 193 Å². The van der Waals surface area contributed by atoms with Crippen molar-refractivity contribution in [3.63, 3.8) is 0 Å². The lowest BCUT2D eigenvalue weighted by molar-refractivity contribution is -0.870. The molecule has 64 heavy (non-hydrogen) atoms. The van der Waals surface area contributed by atoms with Crippen molar-refractivity contribution in [1.29, 1.82) is 0 Å². The van der Waals surface area contributed by atoms with Crippen LogP contribution in [0.4, 0.5) is 0 Å². The Balaban J connectivity index is 4.28. The van der Waals surface area contributed by atoms with E-state index in [4.69, 9.17) is 18.5 Å². The van der Waals surface area contributed by atoms with E-state index in [0.717, 1.165) is 83.5 Å². The van der Waals surface area contributed by atoms with Gasteiger partial charge in [-0.15, -0.1) is 0 Å². The Bertz CT molecular complexity index is 1340. The molecule has 0 fully saturated rings. The van der Waals surface area contributed by atoms with Crippen LogP contribution in [-0.2, 0) is 27.9 Å². The van der Waals surface area contributed by atoms with E-state index in [9.17, 15) is 14.3 Å². The van der Waals surface area contributed by atoms with E-state index in [1.54, 1.807) is 0 Å². The summed E-state index contributed by atoms with van der Waals surface area (Å²) in [6, 6.07) is 0. The van der Waals surface area contributed by atoms with Gasteiger partial charge in [0.25, 0.3) is 7.82 Å². The molecule has 0 spiro atoms. The number of phosphoric acid groups is 1. The van der Waals surface area contributed by atoms with Crippen molar-refractivity contribution in [1.82, 2.24) is 0 Å². The Kier molecular flexibility index (Phi) is 45.0. The molecule has 2 atom stereocenters. The minimum atomic E-state index is -4.55. The molecule has 2 unspecified atom stereocenters. The maximum atomic E-state index is 12.7. The molecular formula is C55H96NO7P. The maximum Gasteiger partial charge on any atom is 0.306 e. The van der Waals surface area contributed by atoms with Crippen LogP contribution in [0.2, 0.25) is 0 Å². The average Bonchev–Trinajstić information content (AvgIpc) is 3.25. The van der Waals surface area contributed by atoms with E-state index >= 15 is 0 Å². The van der Waals surface area contributed by atoms with Crippen molar-refractivity contribution in [3.05, 3.63) is 97.2 Å². The van der Waals surface area contributed by atoms with Crippen molar-refractivity contribution >= 4 is 13.8 Å². The number of hydrogen-bond donors (Lipinski definition) is 0. The summed E-state index contributed by atoms with van der Waals surface area (Å²) in [6.45, 7) is 5.16. The number of carbonyl (C=O) groups excluding carboxylic acids is 1. The molecule has 368 valence electrons. The number of unbranched alkanes of at least 4 members (excludes halogenated alkanes) is 16. The minimum Gasteiger partial charge on any atom is -0.756 e. The number of rotatable bonds is 46. The third-order valence-corrected chi connectivity index (χ3v) is 11.3. The monoisotopic (exact) mass is 914 g/mol. The molecule has 0 radical (unpaired) electrons. The SMILES string of the molecule is CC/C=C\C/C=C\C/C=C\C/C=C\C/C=C\C/C=C\C/C=C\CCCCOCC(COP(=O)([O-])OCC[N+](C)(C)C)OC(=O)CCCCCCCCC/C=C\CCCCCCCCC. The predicted molar refractivity (Wildman–Crippen MR) is 272 cm³/mol. The van der Waals surface area contributed by atoms with Gasteiger partial charge in [0.15, 0.2) is 0 Å². The number of phosphoric ester groups is 1. The number of likely N-dealkylation sites (N-methyl/N-ethyl adjacent to an activating group) is 1. The largest absolute Gasteiger partial charge is 0.756 e. The number of carbonyl (C=O) groups is 1. The number of nitrogens with zero attached hydrogens (tertiary/aromatic N) is 1. The number of allylic oxidation sites excluding steroid dienone is 16. The summed E-state index contributed by atoms with van der Waals surface area (Å²) in [4.78, 5) is 25.2. The molecule has 0 aliphatic heterocycles. The third-order valence-electron chi connectivity index (χ3n) is 10.4. The molecule has 0 saturated heterocycles. The molecular weight excluding hydrogens is 818 g/mol. The number of hydrogen-bond acceptors (Lipinski definition) is 7. The highest BCUT2D eigenvalue weighted by Gasteiger charge is 2.20. The summed E-state index contributed by atoms with van der Waals surface area (Å²) in [5.41, 5.74) is 0. The van der Waals surface area contributed by atoms with Crippen LogP contribution in [0, 0.1) is 0 Å². The lowest BCUT2D eigenvalue weighted by atomic mass is 10.1. The fraction of sp³-hybridized carbons (Fsp3) is 0.691. The second-order valence-corrected chi connectivity index (χ2v) is 19.2. The molecule has 0 saturated carbocycles. The molecule has 0 aliphatic rings. The van der Waals surface area contributed by atoms with E-state index in [-0.39, 0.29) is 25.8 Å². The molecule has 0 aliphatic carbocycles. The summed E-state index contributed by atoms with van der Waals surface area (Å²) >= 11 is 0. The van der Waals surface area contributed by atoms with Crippen LogP contribution in [0.3, 0.4) is 0 Å². The van der Waals surface area contributed by atoms with Crippen LogP contribution >= 0.6 is 7.82 Å². The van der Waals surface area contributed by atoms with Gasteiger partial charge in [-0.2, -0.15) is 0 Å². The van der Waals surface area contributed by atoms with Crippen LogP contribution in [0.15, 0.2) is 97.2 Å². The smallest absolute Gasteiger partial charge is 0.306 e. The Morgan fingerprint density at radius 1 is 0.500 bits per heavy atom. The van der Waals surface area contributed by atoms with Gasteiger partial charge in [0.05, 0.1) is 34.4 Å². The molecule has 0 aromatic carbocycles. The van der Waals surface area contributed by atoms with Crippen molar-refractivity contribution in [3.8, 4) is 0 Å². The van der Waals surface area contributed by atoms with Crippen LogP contribution < -0.4 is 4.89 Å². The quantitative estimate of drug-likeness (QED) is 0.0197. The standard InChI is InChI=1S/C55H96NO7P/c1-6-8-10-12-14-16-18-20-22-24-26-27-28-29-30-31-33-35-37-39-41-43-45-47-50-60-52-54(53-62-64(58,59)61-51-49-56(3,4)5)63-55(57)48-46-44-42-40-38-36-34-32-25-23-21-19-17-15-13-11-9-7-2/h8,10,14,16,20,22-23,25-27,29-30,33,35,39,41,54H,6-7,9,11-13,15,17-19,21,24,28,31-32,34,36-38,40,42-53H2,1-5H3/b10-8-,16-14-,22-20-,25-23-,27-26-,30-29-,35-33-,41-39-. The molecule has 0 bridgehead atoms. The van der Waals surface area contributed by atoms with E-state index in [0.29, 0.717) is 24.1 Å². The predicted octanol–water partition coefficient (Wildman–Crippen LogP) is 15.1. The van der Waals surface area contributed by atoms with Gasteiger partial charge in [-0.25, -0.2) is 0 Å². The first kappa shape index (κ1) is 61.4. The molecule has 9 heteroatoms. The van der Waals surface area contributed by atoms with Gasteiger partial charge in [0.1, 0.15) is 19.3 Å². The highest BCUT2D eigenvalue weighted by Crippen LogP contribution is 2.38. The Morgan fingerprint density at radius 2 is 0.906 bits per heavy atom. The lowest BCUT2D eigenvalue weighted by Gasteiger charge is -2.28. The summed E-state index contributed by atoms with van der Waals surface area (Å²) in [7, 11) is 1.31. The van der Waals surface area contributed by atoms with Crippen molar-refractivity contribution in [2.24, 2.45) is 0 Å². The van der Waals surface area contributed by atoms with Gasteiger partial charge in [-0.1, -0.05) is 182 Å². The zero-order valence-corrected chi connectivity index (χ0v) is 42.6. The summed E-state index contributed by atoms with van der Waals surface area (Å²) < 4.78 is 34.7. The number of quaternary nitrogens is 1. The first-order chi connectivity index (χ1) is 31.1. The van der Waals surface area contributed by atoms with Gasteiger partial charge < -0.3 is 27.9 Å². The van der Waals surface area contributed by atoms with E-state index in [2.05, 4.69) is 111 Å². The summed E-state index contributed by atoms with van der Waals surface area (Å²) in [6.07, 6.45) is 64.4. The Labute approximate surface area is 394 Å². The average molecular weight is 914 g/mol. The Hall–Kier alpha value is -2.58. The van der Waals surface area contributed by atoms with Gasteiger partial charge >= 0.3 is 5.97 Å². The second kappa shape index (κ2) is 46.9. The molecule has 0 rings (SSSR count). The molecule has 0 aromatic heterocycles. The zero-order chi connectivity index (χ0) is 46.9. The normalized spacial score (nSPS) is 14.4. The first-order valence-electron chi connectivity index (χ1n) is 25.5. The number of ether oxygens (including phenoxy) is 2. The molecule has 8 nitrogen and oxygen atoms in total. The first-order valence-corrected chi connectivity index (χ1v) is 26.9. The fourth-order valence-electron chi connectivity index (χ4n) is 6.46. The third kappa shape index (κ3) is 50.4. The molecule has 0 aromatic rings. The molecule has 0 N–H and O–H groups in total. The van der Waals surface area contributed by atoms with Gasteiger partial charge in [-0.3, -0.25) is 9.36 Å². The van der Waals surface area contributed by atoms with Crippen molar-refractivity contribution in [2.75, 3.05) is 54.1 Å². The van der Waals surface area contributed by atoms with Gasteiger partial charge in [0.2, 0.25) is 0 Å². The van der Waals surface area contributed by atoms with E-state index < -0.39 is 13.9 Å². The summed E-state index contributed by atoms with van der Waals surface area (Å²) in [5, 5.41) is 0. The van der Waals surface area contributed by atoms with E-state index in [1.807, 2.05) is 21.1 Å². The molecule has 0 heterocycles. The number of esters is 1. The maximum absolute atomic E-state index is 12.7. The molecule has 0 amide bonds. The minimum absolute atomic E-state index is 0.0114. The van der Waals surface area contributed by atoms with Crippen LogP contribution in [-0.4, -0.2) is 70.7 Å². The fourth-order valence-corrected chi connectivity index (χ4v) is 7.19. The van der Waals surface area contributed by atoms with Gasteiger partial charge in [-0.05, 0) is 96.3 Å². The highest BCUT2D eigenvalue weighted by atomic mass is 31.2. The Morgan fingerprint density at radius 3 is 1.38 bits per heavy atom. The van der Waals surface area contributed by atoms with Crippen LogP contribution in [0.25, 0.3) is 0 Å². The lowest BCUT2D eigenvalue weighted by Crippen LogP contribution is -2.37. The second-order valence-electron chi connectivity index (χ2n) is 17.8. The highest BCUT2D eigenvalue weighted by molar-refractivity contribution is 7.45. The van der Waals surface area contributed by atoms with Crippen LogP contribution in [0.1, 0.15) is 187 Å².